The first-order valence-electron chi connectivity index (χ1n) is 11.3. The van der Waals surface area contributed by atoms with E-state index in [0.29, 0.717) is 23.5 Å². The van der Waals surface area contributed by atoms with Gasteiger partial charge in [-0.3, -0.25) is 14.6 Å². The normalized spacial score (nSPS) is 22.1. The van der Waals surface area contributed by atoms with Crippen LogP contribution in [0.15, 0.2) is 59.9 Å². The summed E-state index contributed by atoms with van der Waals surface area (Å²) in [5.41, 5.74) is 4.47. The van der Waals surface area contributed by atoms with Gasteiger partial charge in [-0.2, -0.15) is 0 Å². The van der Waals surface area contributed by atoms with Crippen molar-refractivity contribution in [1.82, 2.24) is 4.98 Å². The molecule has 0 saturated heterocycles. The summed E-state index contributed by atoms with van der Waals surface area (Å²) in [7, 11) is 1.33. The molecule has 3 aliphatic rings. The van der Waals surface area contributed by atoms with Crippen LogP contribution in [-0.2, 0) is 14.3 Å². The number of methoxy groups -OCH3 is 1. The number of carbonyl (C=O) groups excluding carboxylic acids is 2. The molecule has 7 nitrogen and oxygen atoms in total. The van der Waals surface area contributed by atoms with Crippen LogP contribution >= 0.6 is 0 Å². The van der Waals surface area contributed by atoms with E-state index in [1.165, 1.54) is 7.11 Å². The van der Waals surface area contributed by atoms with Crippen LogP contribution in [0, 0.1) is 11.3 Å². The van der Waals surface area contributed by atoms with Crippen molar-refractivity contribution in [1.29, 1.82) is 0 Å². The number of rotatable bonds is 2. The second-order valence-corrected chi connectivity index (χ2v) is 9.65. The van der Waals surface area contributed by atoms with E-state index in [2.05, 4.69) is 10.3 Å². The maximum Gasteiger partial charge on any atom is 0.317 e. The number of ketones is 1. The van der Waals surface area contributed by atoms with Crippen molar-refractivity contribution < 1.29 is 23.8 Å². The molecule has 0 unspecified atom stereocenters. The third kappa shape index (κ3) is 2.93. The zero-order valence-corrected chi connectivity index (χ0v) is 19.2. The highest BCUT2D eigenvalue weighted by Gasteiger charge is 2.51. The summed E-state index contributed by atoms with van der Waals surface area (Å²) in [5, 5.41) is 4.48. The Balaban J connectivity index is 1.63. The minimum atomic E-state index is -0.885. The first-order valence-corrected chi connectivity index (χ1v) is 11.3. The van der Waals surface area contributed by atoms with Gasteiger partial charge in [-0.15, -0.1) is 0 Å². The summed E-state index contributed by atoms with van der Waals surface area (Å²) in [6.45, 7) is 4.04. The molecule has 0 amide bonds. The Hall–Kier alpha value is -3.87. The van der Waals surface area contributed by atoms with Gasteiger partial charge in [0.15, 0.2) is 17.3 Å². The molecular weight excluding hydrogens is 432 g/mol. The van der Waals surface area contributed by atoms with Crippen molar-refractivity contribution >= 4 is 28.3 Å². The molecule has 0 fully saturated rings. The highest BCUT2D eigenvalue weighted by Crippen LogP contribution is 2.53. The van der Waals surface area contributed by atoms with Gasteiger partial charge in [-0.25, -0.2) is 0 Å². The number of carbonyl (C=O) groups is 2. The lowest BCUT2D eigenvalue weighted by atomic mass is 9.63. The van der Waals surface area contributed by atoms with Crippen molar-refractivity contribution in [2.45, 2.75) is 26.2 Å². The van der Waals surface area contributed by atoms with Gasteiger partial charge in [0.05, 0.1) is 12.6 Å². The van der Waals surface area contributed by atoms with Gasteiger partial charge in [-0.05, 0) is 53.3 Å². The van der Waals surface area contributed by atoms with E-state index in [-0.39, 0.29) is 12.6 Å². The zero-order chi connectivity index (χ0) is 23.6. The molecule has 0 bridgehead atoms. The number of nitrogens with zero attached hydrogens (tertiary/aromatic N) is 1. The number of esters is 1. The fourth-order valence-electron chi connectivity index (χ4n) is 5.61. The van der Waals surface area contributed by atoms with Gasteiger partial charge >= 0.3 is 5.97 Å². The third-order valence-electron chi connectivity index (χ3n) is 7.12. The zero-order valence-electron chi connectivity index (χ0n) is 19.2. The minimum absolute atomic E-state index is 0.167. The van der Waals surface area contributed by atoms with Crippen LogP contribution in [0.2, 0.25) is 0 Å². The Morgan fingerprint density at radius 3 is 2.79 bits per heavy atom. The summed E-state index contributed by atoms with van der Waals surface area (Å²) in [4.78, 5) is 31.4. The van der Waals surface area contributed by atoms with Gasteiger partial charge in [0, 0.05) is 34.5 Å². The molecule has 6 rings (SSSR count). The predicted molar refractivity (Wildman–Crippen MR) is 126 cm³/mol. The van der Waals surface area contributed by atoms with Crippen LogP contribution in [0.3, 0.4) is 0 Å². The molecule has 1 aliphatic carbocycles. The second-order valence-electron chi connectivity index (χ2n) is 9.65. The fourth-order valence-corrected chi connectivity index (χ4v) is 5.61. The van der Waals surface area contributed by atoms with Gasteiger partial charge < -0.3 is 19.5 Å². The standard InChI is InChI=1S/C27H24N2O5/c1-27(2)12-18-23(25(30)24(27)26(31)32-3)21(14-6-9-19-20(11-14)34-13-33-19)22-15-5-4-10-28-16(15)7-8-17(22)29-18/h4-11,21,24,29H,12-13H2,1-3H3/t21-,24+/m0/s1. The van der Waals surface area contributed by atoms with Crippen molar-refractivity contribution in [2.75, 3.05) is 19.2 Å². The minimum Gasteiger partial charge on any atom is -0.468 e. The summed E-state index contributed by atoms with van der Waals surface area (Å²) in [5.74, 6) is -0.675. The quantitative estimate of drug-likeness (QED) is 0.447. The predicted octanol–water partition coefficient (Wildman–Crippen LogP) is 4.56. The molecule has 0 radical (unpaired) electrons. The summed E-state index contributed by atoms with van der Waals surface area (Å²) in [6, 6.07) is 13.7. The van der Waals surface area contributed by atoms with E-state index in [9.17, 15) is 9.59 Å². The van der Waals surface area contributed by atoms with E-state index in [0.717, 1.165) is 33.4 Å². The third-order valence-corrected chi connectivity index (χ3v) is 7.12. The van der Waals surface area contributed by atoms with Crippen molar-refractivity contribution in [3.63, 3.8) is 0 Å². The molecule has 2 atom stereocenters. The molecule has 2 aliphatic heterocycles. The second kappa shape index (κ2) is 7.32. The van der Waals surface area contributed by atoms with E-state index in [1.54, 1.807) is 6.20 Å². The van der Waals surface area contributed by atoms with Crippen molar-refractivity contribution in [2.24, 2.45) is 11.3 Å². The number of aromatic nitrogens is 1. The van der Waals surface area contributed by atoms with E-state index in [4.69, 9.17) is 14.2 Å². The first-order chi connectivity index (χ1) is 16.4. The maximum atomic E-state index is 14.1. The SMILES string of the molecule is COC(=O)[C@H]1C(=O)C2=C(CC1(C)C)Nc1ccc3ncccc3c1[C@@H]2c1ccc2c(c1)OCO2. The molecule has 34 heavy (non-hydrogen) atoms. The van der Waals surface area contributed by atoms with Crippen LogP contribution in [0.5, 0.6) is 11.5 Å². The number of benzene rings is 2. The average Bonchev–Trinajstić information content (AvgIpc) is 3.29. The molecule has 3 heterocycles. The molecule has 7 heteroatoms. The highest BCUT2D eigenvalue weighted by atomic mass is 16.7. The van der Waals surface area contributed by atoms with Gasteiger partial charge in [-0.1, -0.05) is 26.0 Å². The number of hydrogen-bond acceptors (Lipinski definition) is 7. The summed E-state index contributed by atoms with van der Waals surface area (Å²) >= 11 is 0. The number of allylic oxidation sites excluding steroid dienone is 2. The van der Waals surface area contributed by atoms with E-state index in [1.807, 2.05) is 56.3 Å². The summed E-state index contributed by atoms with van der Waals surface area (Å²) < 4.78 is 16.2. The van der Waals surface area contributed by atoms with Crippen LogP contribution in [0.4, 0.5) is 5.69 Å². The molecular formula is C27H24N2O5. The summed E-state index contributed by atoms with van der Waals surface area (Å²) in [6.07, 6.45) is 2.30. The fraction of sp³-hybridized carbons (Fsp3) is 0.296. The Kier molecular flexibility index (Phi) is 4.46. The Bertz CT molecular complexity index is 1410. The highest BCUT2D eigenvalue weighted by molar-refractivity contribution is 6.13. The largest absolute Gasteiger partial charge is 0.468 e. The molecule has 1 N–H and O–H groups in total. The topological polar surface area (TPSA) is 86.8 Å². The van der Waals surface area contributed by atoms with Crippen LogP contribution in [0.1, 0.15) is 37.3 Å². The lowest BCUT2D eigenvalue weighted by molar-refractivity contribution is -0.154. The molecule has 0 spiro atoms. The van der Waals surface area contributed by atoms with E-state index < -0.39 is 23.2 Å². The molecule has 172 valence electrons. The number of ether oxygens (including phenoxy) is 3. The van der Waals surface area contributed by atoms with Crippen LogP contribution < -0.4 is 14.8 Å². The lowest BCUT2D eigenvalue weighted by Gasteiger charge is -2.43. The van der Waals surface area contributed by atoms with Gasteiger partial charge in [0.2, 0.25) is 6.79 Å². The average molecular weight is 456 g/mol. The number of hydrogen-bond donors (Lipinski definition) is 1. The number of anilines is 1. The molecule has 2 aromatic carbocycles. The van der Waals surface area contributed by atoms with Crippen molar-refractivity contribution in [3.8, 4) is 11.5 Å². The number of pyridine rings is 1. The Labute approximate surface area is 196 Å². The number of nitrogens with one attached hydrogen (secondary N) is 1. The van der Waals surface area contributed by atoms with Gasteiger partial charge in [0.1, 0.15) is 5.92 Å². The maximum absolute atomic E-state index is 14.1. The monoisotopic (exact) mass is 456 g/mol. The van der Waals surface area contributed by atoms with Crippen LogP contribution in [0.25, 0.3) is 10.9 Å². The van der Waals surface area contributed by atoms with Gasteiger partial charge in [0.25, 0.3) is 0 Å². The van der Waals surface area contributed by atoms with Crippen LogP contribution in [-0.4, -0.2) is 30.6 Å². The van der Waals surface area contributed by atoms with Crippen molar-refractivity contribution in [3.05, 3.63) is 71.1 Å². The lowest BCUT2D eigenvalue weighted by Crippen LogP contribution is -2.45. The van der Waals surface area contributed by atoms with E-state index >= 15 is 0 Å². The molecule has 3 aromatic rings. The molecule has 1 aromatic heterocycles. The Morgan fingerprint density at radius 2 is 1.97 bits per heavy atom. The smallest absolute Gasteiger partial charge is 0.317 e. The number of fused-ring (bicyclic) bond motifs is 4. The number of Topliss-reactive ketones (excluding diaryl/α,β-unsaturated/α-hetero) is 1. The first kappa shape index (κ1) is 20.7. The Morgan fingerprint density at radius 1 is 1.15 bits per heavy atom. The molecule has 0 saturated carbocycles.